The molecule has 0 radical (unpaired) electrons. The summed E-state index contributed by atoms with van der Waals surface area (Å²) in [7, 11) is 0. The Labute approximate surface area is 163 Å². The lowest BCUT2D eigenvalue weighted by atomic mass is 10.1. The van der Waals surface area contributed by atoms with E-state index in [1.54, 1.807) is 30.3 Å². The first-order valence-corrected chi connectivity index (χ1v) is 9.05. The largest absolute Gasteiger partial charge is 0.478 e. The van der Waals surface area contributed by atoms with Crippen molar-refractivity contribution in [3.63, 3.8) is 0 Å². The van der Waals surface area contributed by atoms with Crippen LogP contribution in [-0.4, -0.2) is 33.4 Å². The third-order valence-corrected chi connectivity index (χ3v) is 5.10. The summed E-state index contributed by atoms with van der Waals surface area (Å²) in [6.07, 6.45) is -0.257. The van der Waals surface area contributed by atoms with Gasteiger partial charge in [-0.3, -0.25) is 14.4 Å². The first-order valence-electron chi connectivity index (χ1n) is 7.79. The molecule has 1 atom stereocenters. The van der Waals surface area contributed by atoms with Gasteiger partial charge in [0, 0.05) is 11.4 Å². The van der Waals surface area contributed by atoms with Gasteiger partial charge in [0.25, 0.3) is 5.24 Å². The zero-order valence-corrected chi connectivity index (χ0v) is 15.3. The number of thioether (sulfide) groups is 1. The van der Waals surface area contributed by atoms with Crippen LogP contribution in [0.5, 0.6) is 0 Å². The maximum Gasteiger partial charge on any atom is 0.337 e. The van der Waals surface area contributed by atoms with E-state index in [0.29, 0.717) is 10.7 Å². The Morgan fingerprint density at radius 2 is 1.78 bits per heavy atom. The summed E-state index contributed by atoms with van der Waals surface area (Å²) >= 11 is 6.57. The molecule has 0 aliphatic carbocycles. The molecule has 0 spiro atoms. The molecule has 27 heavy (non-hydrogen) atoms. The molecule has 0 bridgehead atoms. The van der Waals surface area contributed by atoms with Gasteiger partial charge in [0.2, 0.25) is 11.8 Å². The Balaban J connectivity index is 1.70. The number of carbonyl (C=O) groups excluding carboxylic acids is 3. The summed E-state index contributed by atoms with van der Waals surface area (Å²) < 4.78 is 0. The number of nitrogens with zero attached hydrogens (tertiary/aromatic N) is 1. The number of hydrogen-bond acceptors (Lipinski definition) is 5. The van der Waals surface area contributed by atoms with Gasteiger partial charge in [0.05, 0.1) is 16.9 Å². The van der Waals surface area contributed by atoms with Gasteiger partial charge in [-0.25, -0.2) is 9.69 Å². The Kier molecular flexibility index (Phi) is 5.48. The van der Waals surface area contributed by atoms with Crippen molar-refractivity contribution in [2.75, 3.05) is 10.2 Å². The number of hydrogen-bond donors (Lipinski definition) is 2. The molecule has 3 amide bonds. The number of carboxylic acid groups (broad SMARTS) is 1. The van der Waals surface area contributed by atoms with Crippen molar-refractivity contribution in [1.82, 2.24) is 0 Å². The molecule has 1 heterocycles. The molecule has 138 valence electrons. The van der Waals surface area contributed by atoms with Gasteiger partial charge >= 0.3 is 5.97 Å². The van der Waals surface area contributed by atoms with Crippen molar-refractivity contribution >= 4 is 57.8 Å². The number of benzene rings is 2. The molecule has 0 saturated carbocycles. The molecular formula is C18H13ClN2O5S. The third-order valence-electron chi connectivity index (χ3n) is 3.81. The predicted molar refractivity (Wildman–Crippen MR) is 102 cm³/mol. The molecule has 2 N–H and O–H groups in total. The van der Waals surface area contributed by atoms with E-state index in [2.05, 4.69) is 5.32 Å². The Hall–Kier alpha value is -2.84. The Morgan fingerprint density at radius 1 is 1.11 bits per heavy atom. The summed E-state index contributed by atoms with van der Waals surface area (Å²) in [5.41, 5.74) is 0.447. The smallest absolute Gasteiger partial charge is 0.337 e. The highest BCUT2D eigenvalue weighted by molar-refractivity contribution is 8.15. The number of rotatable bonds is 5. The molecule has 3 rings (SSSR count). The minimum atomic E-state index is -1.18. The van der Waals surface area contributed by atoms with Gasteiger partial charge in [-0.05, 0) is 48.2 Å². The van der Waals surface area contributed by atoms with Crippen molar-refractivity contribution in [2.45, 2.75) is 11.7 Å². The monoisotopic (exact) mass is 404 g/mol. The maximum absolute atomic E-state index is 12.5. The number of para-hydroxylation sites is 1. The predicted octanol–water partition coefficient (Wildman–Crippen LogP) is 3.64. The van der Waals surface area contributed by atoms with Crippen molar-refractivity contribution < 1.29 is 24.3 Å². The van der Waals surface area contributed by atoms with Crippen LogP contribution in [0.3, 0.4) is 0 Å². The third kappa shape index (κ3) is 4.12. The first-order chi connectivity index (χ1) is 12.9. The van der Waals surface area contributed by atoms with Crippen LogP contribution in [0.15, 0.2) is 48.5 Å². The number of imide groups is 1. The van der Waals surface area contributed by atoms with Crippen molar-refractivity contribution in [3.05, 3.63) is 59.1 Å². The van der Waals surface area contributed by atoms with E-state index in [4.69, 9.17) is 16.7 Å². The lowest BCUT2D eigenvalue weighted by Crippen LogP contribution is -2.33. The number of carboxylic acids is 1. The highest BCUT2D eigenvalue weighted by Gasteiger charge is 2.41. The van der Waals surface area contributed by atoms with Crippen LogP contribution in [0.2, 0.25) is 5.02 Å². The average Bonchev–Trinajstić information content (AvgIpc) is 2.89. The second-order valence-electron chi connectivity index (χ2n) is 5.63. The Bertz CT molecular complexity index is 932. The maximum atomic E-state index is 12.5. The number of amides is 3. The lowest BCUT2D eigenvalue weighted by molar-refractivity contribution is -0.121. The van der Waals surface area contributed by atoms with Crippen molar-refractivity contribution in [2.24, 2.45) is 0 Å². The minimum Gasteiger partial charge on any atom is -0.478 e. The van der Waals surface area contributed by atoms with Gasteiger partial charge in [0.1, 0.15) is 5.25 Å². The van der Waals surface area contributed by atoms with Crippen LogP contribution >= 0.6 is 23.4 Å². The molecule has 9 heteroatoms. The number of halogens is 1. The zero-order chi connectivity index (χ0) is 19.6. The highest BCUT2D eigenvalue weighted by Crippen LogP contribution is 2.34. The summed E-state index contributed by atoms with van der Waals surface area (Å²) in [5.74, 6) is -2.24. The van der Waals surface area contributed by atoms with E-state index >= 15 is 0 Å². The highest BCUT2D eigenvalue weighted by atomic mass is 35.5. The number of anilines is 2. The topological polar surface area (TPSA) is 104 Å². The summed E-state index contributed by atoms with van der Waals surface area (Å²) in [6.45, 7) is 0. The molecule has 1 unspecified atom stereocenters. The van der Waals surface area contributed by atoms with Crippen molar-refractivity contribution in [3.8, 4) is 0 Å². The van der Waals surface area contributed by atoms with E-state index in [-0.39, 0.29) is 17.7 Å². The fourth-order valence-electron chi connectivity index (χ4n) is 2.56. The number of carbonyl (C=O) groups is 4. The summed E-state index contributed by atoms with van der Waals surface area (Å²) in [6, 6.07) is 12.2. The van der Waals surface area contributed by atoms with Crippen LogP contribution in [0.25, 0.3) is 0 Å². The first kappa shape index (κ1) is 18.9. The molecule has 1 saturated heterocycles. The average molecular weight is 405 g/mol. The van der Waals surface area contributed by atoms with E-state index in [1.165, 1.54) is 18.2 Å². The molecule has 2 aromatic carbocycles. The van der Waals surface area contributed by atoms with Gasteiger partial charge < -0.3 is 10.4 Å². The van der Waals surface area contributed by atoms with Crippen LogP contribution in [0.4, 0.5) is 16.2 Å². The standard InChI is InChI=1S/C18H13ClN2O5S/c19-10-5-7-11(8-6-10)21-16(23)14(27-18(21)26)9-15(22)20-13-4-2-1-3-12(13)17(24)25/h1-8,14H,9H2,(H,20,22)(H,24,25). The second-order valence-corrected chi connectivity index (χ2v) is 7.22. The van der Waals surface area contributed by atoms with Crippen molar-refractivity contribution in [1.29, 1.82) is 0 Å². The van der Waals surface area contributed by atoms with Gasteiger partial charge in [-0.1, -0.05) is 23.7 Å². The van der Waals surface area contributed by atoms with E-state index in [1.807, 2.05) is 0 Å². The Morgan fingerprint density at radius 3 is 2.44 bits per heavy atom. The summed E-state index contributed by atoms with van der Waals surface area (Å²) in [5, 5.41) is 10.7. The number of aromatic carboxylic acids is 1. The number of nitrogens with one attached hydrogen (secondary N) is 1. The zero-order valence-electron chi connectivity index (χ0n) is 13.7. The van der Waals surface area contributed by atoms with E-state index < -0.39 is 28.3 Å². The minimum absolute atomic E-state index is 0.0601. The van der Waals surface area contributed by atoms with E-state index in [0.717, 1.165) is 16.7 Å². The van der Waals surface area contributed by atoms with Crippen LogP contribution in [0, 0.1) is 0 Å². The normalized spacial score (nSPS) is 16.5. The van der Waals surface area contributed by atoms with Crippen LogP contribution in [0.1, 0.15) is 16.8 Å². The van der Waals surface area contributed by atoms with Crippen LogP contribution < -0.4 is 10.2 Å². The second kappa shape index (κ2) is 7.81. The molecule has 2 aromatic rings. The molecule has 1 aliphatic rings. The summed E-state index contributed by atoms with van der Waals surface area (Å²) in [4.78, 5) is 49.2. The molecule has 1 aliphatic heterocycles. The quantitative estimate of drug-likeness (QED) is 0.788. The molecule has 0 aromatic heterocycles. The molecule has 7 nitrogen and oxygen atoms in total. The van der Waals surface area contributed by atoms with Gasteiger partial charge in [0.15, 0.2) is 0 Å². The van der Waals surface area contributed by atoms with Crippen LogP contribution in [-0.2, 0) is 9.59 Å². The fourth-order valence-corrected chi connectivity index (χ4v) is 3.67. The molecule has 1 fully saturated rings. The lowest BCUT2D eigenvalue weighted by Gasteiger charge is -2.14. The van der Waals surface area contributed by atoms with E-state index in [9.17, 15) is 19.2 Å². The SMILES string of the molecule is O=C(CC1SC(=O)N(c2ccc(Cl)cc2)C1=O)Nc1ccccc1C(=O)O. The van der Waals surface area contributed by atoms with Gasteiger partial charge in [-0.15, -0.1) is 0 Å². The fraction of sp³-hybridized carbons (Fsp3) is 0.111. The van der Waals surface area contributed by atoms with Gasteiger partial charge in [-0.2, -0.15) is 0 Å². The molecular weight excluding hydrogens is 392 g/mol.